The van der Waals surface area contributed by atoms with Crippen LogP contribution in [0.4, 0.5) is 5.69 Å². The summed E-state index contributed by atoms with van der Waals surface area (Å²) in [6.45, 7) is 3.73. The molecule has 4 nitrogen and oxygen atoms in total. The zero-order valence-electron chi connectivity index (χ0n) is 12.7. The van der Waals surface area contributed by atoms with Gasteiger partial charge in [-0.05, 0) is 36.8 Å². The van der Waals surface area contributed by atoms with Crippen LogP contribution in [0.5, 0.6) is 5.75 Å². The summed E-state index contributed by atoms with van der Waals surface area (Å²) >= 11 is 0. The summed E-state index contributed by atoms with van der Waals surface area (Å²) < 4.78 is 5.44. The number of aliphatic carboxylic acids is 1. The van der Waals surface area contributed by atoms with Crippen LogP contribution in [-0.2, 0) is 11.3 Å². The summed E-state index contributed by atoms with van der Waals surface area (Å²) in [6, 6.07) is 17.8. The Morgan fingerprint density at radius 3 is 2.36 bits per heavy atom. The quantitative estimate of drug-likeness (QED) is 0.809. The summed E-state index contributed by atoms with van der Waals surface area (Å²) in [5.74, 6) is 0.0353. The van der Waals surface area contributed by atoms with E-state index >= 15 is 0 Å². The van der Waals surface area contributed by atoms with Crippen LogP contribution in [0.15, 0.2) is 54.6 Å². The first-order valence-corrected chi connectivity index (χ1v) is 7.42. The van der Waals surface area contributed by atoms with Crippen molar-refractivity contribution >= 4 is 11.7 Å². The Morgan fingerprint density at radius 1 is 1.09 bits per heavy atom. The molecule has 2 rings (SSSR count). The Labute approximate surface area is 131 Å². The van der Waals surface area contributed by atoms with Gasteiger partial charge >= 0.3 is 5.97 Å². The standard InChI is InChI=1S/C18H21NO3/c1-2-22-17-10-8-16(9-11-17)19(13-12-18(20)21)14-15-6-4-3-5-7-15/h3-11H,2,12-14H2,1H3,(H,20,21). The maximum absolute atomic E-state index is 10.9. The third kappa shape index (κ3) is 4.81. The number of carboxylic acids is 1. The van der Waals surface area contributed by atoms with Crippen molar-refractivity contribution in [2.24, 2.45) is 0 Å². The smallest absolute Gasteiger partial charge is 0.305 e. The number of anilines is 1. The largest absolute Gasteiger partial charge is 0.494 e. The van der Waals surface area contributed by atoms with Crippen LogP contribution in [0.3, 0.4) is 0 Å². The van der Waals surface area contributed by atoms with Crippen molar-refractivity contribution in [1.82, 2.24) is 0 Å². The van der Waals surface area contributed by atoms with Gasteiger partial charge in [0.1, 0.15) is 5.75 Å². The van der Waals surface area contributed by atoms with Crippen LogP contribution in [-0.4, -0.2) is 24.2 Å². The number of rotatable bonds is 8. The molecular formula is C18H21NO3. The van der Waals surface area contributed by atoms with Crippen molar-refractivity contribution in [3.63, 3.8) is 0 Å². The van der Waals surface area contributed by atoms with E-state index in [0.717, 1.165) is 17.0 Å². The minimum atomic E-state index is -0.788. The SMILES string of the molecule is CCOc1ccc(N(CCC(=O)O)Cc2ccccc2)cc1. The van der Waals surface area contributed by atoms with Crippen LogP contribution >= 0.6 is 0 Å². The molecule has 0 atom stereocenters. The molecule has 0 bridgehead atoms. The highest BCUT2D eigenvalue weighted by molar-refractivity contribution is 5.67. The molecule has 2 aromatic carbocycles. The molecule has 0 fully saturated rings. The van der Waals surface area contributed by atoms with Gasteiger partial charge in [0, 0.05) is 18.8 Å². The van der Waals surface area contributed by atoms with E-state index in [2.05, 4.69) is 4.90 Å². The lowest BCUT2D eigenvalue weighted by Crippen LogP contribution is -2.25. The fourth-order valence-electron chi connectivity index (χ4n) is 2.25. The minimum absolute atomic E-state index is 0.111. The van der Waals surface area contributed by atoms with Crippen molar-refractivity contribution in [2.75, 3.05) is 18.1 Å². The van der Waals surface area contributed by atoms with Crippen LogP contribution < -0.4 is 9.64 Å². The topological polar surface area (TPSA) is 49.8 Å². The summed E-state index contributed by atoms with van der Waals surface area (Å²) in [4.78, 5) is 12.9. The van der Waals surface area contributed by atoms with Crippen molar-refractivity contribution in [1.29, 1.82) is 0 Å². The molecule has 0 aliphatic carbocycles. The van der Waals surface area contributed by atoms with Gasteiger partial charge in [-0.25, -0.2) is 0 Å². The molecule has 0 heterocycles. The first-order chi connectivity index (χ1) is 10.7. The molecule has 1 N–H and O–H groups in total. The molecule has 2 aromatic rings. The number of nitrogens with zero attached hydrogens (tertiary/aromatic N) is 1. The second kappa shape index (κ2) is 8.08. The second-order valence-corrected chi connectivity index (χ2v) is 4.98. The molecule has 0 amide bonds. The molecule has 4 heteroatoms. The average Bonchev–Trinajstić information content (AvgIpc) is 2.53. The molecule has 0 spiro atoms. The first kappa shape index (κ1) is 15.9. The van der Waals surface area contributed by atoms with Crippen LogP contribution in [0.2, 0.25) is 0 Å². The van der Waals surface area contributed by atoms with E-state index in [1.54, 1.807) is 0 Å². The average molecular weight is 299 g/mol. The Hall–Kier alpha value is -2.49. The maximum Gasteiger partial charge on any atom is 0.305 e. The highest BCUT2D eigenvalue weighted by atomic mass is 16.5. The number of hydrogen-bond donors (Lipinski definition) is 1. The molecule has 0 saturated carbocycles. The predicted molar refractivity (Wildman–Crippen MR) is 87.4 cm³/mol. The van der Waals surface area contributed by atoms with Gasteiger partial charge in [0.05, 0.1) is 13.0 Å². The lowest BCUT2D eigenvalue weighted by molar-refractivity contribution is -0.136. The van der Waals surface area contributed by atoms with Crippen LogP contribution in [0.1, 0.15) is 18.9 Å². The number of hydrogen-bond acceptors (Lipinski definition) is 3. The summed E-state index contributed by atoms with van der Waals surface area (Å²) in [5.41, 5.74) is 2.15. The van der Waals surface area contributed by atoms with Crippen LogP contribution in [0, 0.1) is 0 Å². The lowest BCUT2D eigenvalue weighted by atomic mass is 10.2. The van der Waals surface area contributed by atoms with Gasteiger partial charge in [-0.15, -0.1) is 0 Å². The summed E-state index contributed by atoms with van der Waals surface area (Å²) in [5, 5.41) is 8.94. The Kier molecular flexibility index (Phi) is 5.83. The third-order valence-electron chi connectivity index (χ3n) is 3.32. The zero-order chi connectivity index (χ0) is 15.8. The molecule has 0 saturated heterocycles. The van der Waals surface area contributed by atoms with Gasteiger partial charge < -0.3 is 14.7 Å². The van der Waals surface area contributed by atoms with Crippen molar-refractivity contribution < 1.29 is 14.6 Å². The molecule has 0 unspecified atom stereocenters. The summed E-state index contributed by atoms with van der Waals surface area (Å²) in [6.07, 6.45) is 0.111. The highest BCUT2D eigenvalue weighted by Gasteiger charge is 2.10. The zero-order valence-corrected chi connectivity index (χ0v) is 12.7. The van der Waals surface area contributed by atoms with Gasteiger partial charge in [0.25, 0.3) is 0 Å². The minimum Gasteiger partial charge on any atom is -0.494 e. The normalized spacial score (nSPS) is 10.2. The van der Waals surface area contributed by atoms with E-state index in [-0.39, 0.29) is 6.42 Å². The second-order valence-electron chi connectivity index (χ2n) is 4.98. The Balaban J connectivity index is 2.13. The van der Waals surface area contributed by atoms with E-state index < -0.39 is 5.97 Å². The van der Waals surface area contributed by atoms with Gasteiger partial charge in [-0.1, -0.05) is 30.3 Å². The number of carbonyl (C=O) groups is 1. The molecule has 0 aliphatic rings. The van der Waals surface area contributed by atoms with Gasteiger partial charge in [-0.3, -0.25) is 4.79 Å². The molecule has 0 aliphatic heterocycles. The summed E-state index contributed by atoms with van der Waals surface area (Å²) in [7, 11) is 0. The van der Waals surface area contributed by atoms with E-state index in [4.69, 9.17) is 9.84 Å². The molecular weight excluding hydrogens is 278 g/mol. The molecule has 0 aromatic heterocycles. The van der Waals surface area contributed by atoms with Crippen molar-refractivity contribution in [3.8, 4) is 5.75 Å². The van der Waals surface area contributed by atoms with Gasteiger partial charge in [0.2, 0.25) is 0 Å². The van der Waals surface area contributed by atoms with Crippen LogP contribution in [0.25, 0.3) is 0 Å². The van der Waals surface area contributed by atoms with E-state index in [1.165, 1.54) is 0 Å². The van der Waals surface area contributed by atoms with Gasteiger partial charge in [-0.2, -0.15) is 0 Å². The number of ether oxygens (including phenoxy) is 1. The van der Waals surface area contributed by atoms with Crippen molar-refractivity contribution in [2.45, 2.75) is 19.9 Å². The van der Waals surface area contributed by atoms with E-state index in [9.17, 15) is 4.79 Å². The third-order valence-corrected chi connectivity index (χ3v) is 3.32. The molecule has 0 radical (unpaired) electrons. The molecule has 22 heavy (non-hydrogen) atoms. The number of carboxylic acid groups (broad SMARTS) is 1. The Bertz CT molecular complexity index is 581. The fourth-order valence-corrected chi connectivity index (χ4v) is 2.25. The monoisotopic (exact) mass is 299 g/mol. The number of benzene rings is 2. The lowest BCUT2D eigenvalue weighted by Gasteiger charge is -2.24. The predicted octanol–water partition coefficient (Wildman–Crippen LogP) is 3.57. The maximum atomic E-state index is 10.9. The fraction of sp³-hybridized carbons (Fsp3) is 0.278. The van der Waals surface area contributed by atoms with E-state index in [1.807, 2.05) is 61.5 Å². The first-order valence-electron chi connectivity index (χ1n) is 7.42. The van der Waals surface area contributed by atoms with Gasteiger partial charge in [0.15, 0.2) is 0 Å². The Morgan fingerprint density at radius 2 is 1.77 bits per heavy atom. The molecule has 116 valence electrons. The highest BCUT2D eigenvalue weighted by Crippen LogP contribution is 2.21. The van der Waals surface area contributed by atoms with Crippen molar-refractivity contribution in [3.05, 3.63) is 60.2 Å². The van der Waals surface area contributed by atoms with E-state index in [0.29, 0.717) is 19.7 Å².